The number of hydrogen-bond donors (Lipinski definition) is 0. The molecule has 0 N–H and O–H groups in total. The van der Waals surface area contributed by atoms with E-state index in [1.54, 1.807) is 0 Å². The second kappa shape index (κ2) is 3.38. The summed E-state index contributed by atoms with van der Waals surface area (Å²) in [6.45, 7) is 8.84. The fourth-order valence-electron chi connectivity index (χ4n) is 0.316. The molecule has 0 aliphatic rings. The lowest BCUT2D eigenvalue weighted by atomic mass is 9.87. The van der Waals surface area contributed by atoms with Crippen molar-refractivity contribution in [3.8, 4) is 0 Å². The molecular weight excluding hydrogens is 244 g/mol. The Hall–Kier alpha value is 0.960. The van der Waals surface area contributed by atoms with Crippen molar-refractivity contribution in [2.24, 2.45) is 5.41 Å². The molecule has 0 aromatic heterocycles. The zero-order chi connectivity index (χ0) is 7.65. The fourth-order valence-corrected chi connectivity index (χ4v) is 1.46. The van der Waals surface area contributed by atoms with E-state index in [0.29, 0.717) is 15.1 Å². The van der Waals surface area contributed by atoms with Gasteiger partial charge in [0, 0.05) is 9.65 Å². The first-order valence-corrected chi connectivity index (χ1v) is 5.00. The lowest BCUT2D eigenvalue weighted by Crippen LogP contribution is -2.29. The van der Waals surface area contributed by atoms with Crippen LogP contribution in [-0.4, -0.2) is 9.65 Å². The van der Waals surface area contributed by atoms with E-state index in [0.717, 1.165) is 0 Å². The highest BCUT2D eigenvalue weighted by atomic mass is 79.9. The summed E-state index contributed by atoms with van der Waals surface area (Å²) in [4.78, 5) is 1.11. The number of halogens is 2. The molecule has 0 saturated carbocycles. The van der Waals surface area contributed by atoms with Crippen molar-refractivity contribution in [1.29, 1.82) is 0 Å². The number of rotatable bonds is 2. The van der Waals surface area contributed by atoms with Crippen molar-refractivity contribution >= 4 is 31.9 Å². The van der Waals surface area contributed by atoms with Crippen LogP contribution in [0.1, 0.15) is 27.7 Å². The van der Waals surface area contributed by atoms with Crippen LogP contribution in [-0.2, 0) is 0 Å². The van der Waals surface area contributed by atoms with Gasteiger partial charge >= 0.3 is 0 Å². The van der Waals surface area contributed by atoms with Gasteiger partial charge in [0.1, 0.15) is 0 Å². The van der Waals surface area contributed by atoms with E-state index in [-0.39, 0.29) is 0 Å². The third kappa shape index (κ3) is 2.58. The zero-order valence-electron chi connectivity index (χ0n) is 6.41. The molecule has 0 spiro atoms. The molecule has 0 amide bonds. The van der Waals surface area contributed by atoms with Crippen LogP contribution in [0.5, 0.6) is 0 Å². The largest absolute Gasteiger partial charge is 0.0887 e. The van der Waals surface area contributed by atoms with Gasteiger partial charge in [0.15, 0.2) is 0 Å². The molecule has 0 radical (unpaired) electrons. The topological polar surface area (TPSA) is 0 Å². The first-order valence-electron chi connectivity index (χ1n) is 3.17. The van der Waals surface area contributed by atoms with Gasteiger partial charge in [0.25, 0.3) is 0 Å². The van der Waals surface area contributed by atoms with Crippen LogP contribution in [0.2, 0.25) is 0 Å². The molecule has 2 atom stereocenters. The lowest BCUT2D eigenvalue weighted by Gasteiger charge is -2.30. The predicted octanol–water partition coefficient (Wildman–Crippen LogP) is 3.58. The van der Waals surface area contributed by atoms with Crippen LogP contribution in [0.4, 0.5) is 0 Å². The second-order valence-corrected chi connectivity index (χ2v) is 5.80. The average molecular weight is 258 g/mol. The Kier molecular flexibility index (Phi) is 3.74. The quantitative estimate of drug-likeness (QED) is 0.664. The van der Waals surface area contributed by atoms with Gasteiger partial charge in [-0.3, -0.25) is 0 Å². The minimum absolute atomic E-state index is 0.333. The summed E-state index contributed by atoms with van der Waals surface area (Å²) in [5, 5.41) is 0. The average Bonchev–Trinajstić information content (AvgIpc) is 1.65. The molecule has 0 aliphatic carbocycles. The van der Waals surface area contributed by atoms with Crippen molar-refractivity contribution < 1.29 is 0 Å². The molecule has 0 saturated heterocycles. The molecule has 0 aliphatic heterocycles. The van der Waals surface area contributed by atoms with Gasteiger partial charge in [0.2, 0.25) is 0 Å². The van der Waals surface area contributed by atoms with Crippen molar-refractivity contribution in [3.05, 3.63) is 0 Å². The smallest absolute Gasteiger partial charge is 0.0179 e. The molecule has 0 nitrogen and oxygen atoms in total. The van der Waals surface area contributed by atoms with Gasteiger partial charge in [-0.2, -0.15) is 0 Å². The summed E-state index contributed by atoms with van der Waals surface area (Å²) in [6.07, 6.45) is 0. The molecule has 9 heavy (non-hydrogen) atoms. The maximum Gasteiger partial charge on any atom is 0.0179 e. The van der Waals surface area contributed by atoms with Gasteiger partial charge in [-0.05, 0) is 5.41 Å². The molecular formula is C7H14Br2. The summed E-state index contributed by atoms with van der Waals surface area (Å²) in [7, 11) is 0. The Morgan fingerprint density at radius 1 is 1.00 bits per heavy atom. The van der Waals surface area contributed by atoms with Crippen LogP contribution in [0.3, 0.4) is 0 Å². The monoisotopic (exact) mass is 256 g/mol. The molecule has 2 heteroatoms. The van der Waals surface area contributed by atoms with Crippen LogP contribution < -0.4 is 0 Å². The minimum atomic E-state index is 0.333. The summed E-state index contributed by atoms with van der Waals surface area (Å²) in [5.74, 6) is 0. The van der Waals surface area contributed by atoms with Gasteiger partial charge in [0.05, 0.1) is 0 Å². The summed E-state index contributed by atoms with van der Waals surface area (Å²) in [6, 6.07) is 0. The maximum atomic E-state index is 3.57. The third-order valence-corrected chi connectivity index (χ3v) is 4.41. The Balaban J connectivity index is 4.01. The van der Waals surface area contributed by atoms with Crippen molar-refractivity contribution in [2.45, 2.75) is 37.3 Å². The molecule has 0 heterocycles. The van der Waals surface area contributed by atoms with E-state index < -0.39 is 0 Å². The predicted molar refractivity (Wildman–Crippen MR) is 50.6 cm³/mol. The standard InChI is InChI=1S/C7H14Br2/c1-5(8)7(3,4)6(2)9/h5-6H,1-4H3. The summed E-state index contributed by atoms with van der Waals surface area (Å²) >= 11 is 7.13. The first-order chi connectivity index (χ1) is 3.89. The molecule has 0 bridgehead atoms. The second-order valence-electron chi connectivity index (χ2n) is 3.05. The Morgan fingerprint density at radius 2 is 1.22 bits per heavy atom. The van der Waals surface area contributed by atoms with Gasteiger partial charge < -0.3 is 0 Å². The van der Waals surface area contributed by atoms with Crippen molar-refractivity contribution in [1.82, 2.24) is 0 Å². The SMILES string of the molecule is CC(Br)C(C)(C)C(C)Br. The van der Waals surface area contributed by atoms with E-state index in [4.69, 9.17) is 0 Å². The van der Waals surface area contributed by atoms with Gasteiger partial charge in [-0.15, -0.1) is 0 Å². The van der Waals surface area contributed by atoms with E-state index in [2.05, 4.69) is 59.6 Å². The van der Waals surface area contributed by atoms with Crippen LogP contribution in [0.15, 0.2) is 0 Å². The molecule has 0 fully saturated rings. The Labute approximate surface area is 74.7 Å². The minimum Gasteiger partial charge on any atom is -0.0887 e. The van der Waals surface area contributed by atoms with Crippen molar-refractivity contribution in [2.75, 3.05) is 0 Å². The first kappa shape index (κ1) is 9.96. The van der Waals surface area contributed by atoms with Crippen LogP contribution in [0, 0.1) is 5.41 Å². The number of alkyl halides is 2. The Bertz CT molecular complexity index is 74.9. The highest BCUT2D eigenvalue weighted by Crippen LogP contribution is 2.34. The van der Waals surface area contributed by atoms with Crippen molar-refractivity contribution in [3.63, 3.8) is 0 Å². The van der Waals surface area contributed by atoms with Crippen LogP contribution >= 0.6 is 31.9 Å². The number of hydrogen-bond acceptors (Lipinski definition) is 0. The maximum absolute atomic E-state index is 3.57. The Morgan fingerprint density at radius 3 is 1.22 bits per heavy atom. The third-order valence-electron chi connectivity index (χ3n) is 2.05. The summed E-state index contributed by atoms with van der Waals surface area (Å²) in [5.41, 5.74) is 0.333. The molecule has 0 aromatic carbocycles. The summed E-state index contributed by atoms with van der Waals surface area (Å²) < 4.78 is 0. The highest BCUT2D eigenvalue weighted by Gasteiger charge is 2.28. The van der Waals surface area contributed by atoms with Gasteiger partial charge in [-0.1, -0.05) is 59.6 Å². The molecule has 56 valence electrons. The van der Waals surface area contributed by atoms with E-state index in [1.165, 1.54) is 0 Å². The van der Waals surface area contributed by atoms with E-state index in [1.807, 2.05) is 0 Å². The van der Waals surface area contributed by atoms with Gasteiger partial charge in [-0.25, -0.2) is 0 Å². The molecule has 2 unspecified atom stereocenters. The molecule has 0 aromatic rings. The van der Waals surface area contributed by atoms with Crippen LogP contribution in [0.25, 0.3) is 0 Å². The van der Waals surface area contributed by atoms with E-state index in [9.17, 15) is 0 Å². The molecule has 0 rings (SSSR count). The normalized spacial score (nSPS) is 19.3. The zero-order valence-corrected chi connectivity index (χ0v) is 9.58. The van der Waals surface area contributed by atoms with E-state index >= 15 is 0 Å². The highest BCUT2D eigenvalue weighted by molar-refractivity contribution is 9.10. The fraction of sp³-hybridized carbons (Fsp3) is 1.00. The lowest BCUT2D eigenvalue weighted by molar-refractivity contribution is 0.371.